The van der Waals surface area contributed by atoms with Crippen LogP contribution in [0.15, 0.2) is 50.4 Å². The Hall–Kier alpha value is -1.37. The van der Waals surface area contributed by atoms with E-state index in [0.717, 1.165) is 32.9 Å². The highest BCUT2D eigenvalue weighted by molar-refractivity contribution is 9.11. The highest BCUT2D eigenvalue weighted by atomic mass is 79.9. The Labute approximate surface area is 198 Å². The molecule has 4 nitrogen and oxygen atoms in total. The van der Waals surface area contributed by atoms with Gasteiger partial charge in [-0.15, -0.1) is 0 Å². The molecule has 0 aromatic heterocycles. The zero-order chi connectivity index (χ0) is 21.3. The van der Waals surface area contributed by atoms with Gasteiger partial charge in [0.05, 0.1) is 15.2 Å². The normalized spacial score (nSPS) is 25.1. The largest absolute Gasteiger partial charge is 0.486 e. The Balaban J connectivity index is 1.37. The van der Waals surface area contributed by atoms with Gasteiger partial charge < -0.3 is 4.74 Å². The molecular formula is C23H23Br2ClN2O2. The Bertz CT molecular complexity index is 974. The van der Waals surface area contributed by atoms with Crippen LogP contribution in [0, 0.1) is 17.3 Å². The summed E-state index contributed by atoms with van der Waals surface area (Å²) in [6.07, 6.45) is 6.43. The van der Waals surface area contributed by atoms with E-state index in [4.69, 9.17) is 16.3 Å². The van der Waals surface area contributed by atoms with Crippen molar-refractivity contribution in [1.82, 2.24) is 5.43 Å². The number of amides is 1. The molecule has 0 bridgehead atoms. The molecule has 2 fully saturated rings. The number of benzene rings is 2. The lowest BCUT2D eigenvalue weighted by Crippen LogP contribution is -2.22. The third kappa shape index (κ3) is 4.46. The number of ether oxygens (including phenoxy) is 1. The molecule has 1 N–H and O–H groups in total. The fraction of sp³-hybridized carbons (Fsp3) is 0.391. The summed E-state index contributed by atoms with van der Waals surface area (Å²) in [7, 11) is 0. The molecule has 0 unspecified atom stereocenters. The fourth-order valence-electron chi connectivity index (χ4n) is 4.65. The molecule has 0 radical (unpaired) electrons. The Morgan fingerprint density at radius 2 is 2.03 bits per heavy atom. The maximum Gasteiger partial charge on any atom is 0.244 e. The maximum absolute atomic E-state index is 12.5. The zero-order valence-corrected chi connectivity index (χ0v) is 20.6. The predicted octanol–water partition coefficient (Wildman–Crippen LogP) is 6.72. The number of carbonyl (C=O) groups is 1. The number of hydrogen-bond acceptors (Lipinski definition) is 3. The smallest absolute Gasteiger partial charge is 0.244 e. The van der Waals surface area contributed by atoms with Crippen molar-refractivity contribution in [1.29, 1.82) is 0 Å². The highest BCUT2D eigenvalue weighted by Crippen LogP contribution is 2.66. The van der Waals surface area contributed by atoms with Gasteiger partial charge in [0.15, 0.2) is 0 Å². The minimum absolute atomic E-state index is 0.0403. The minimum Gasteiger partial charge on any atom is -0.486 e. The average Bonchev–Trinajstić information content (AvgIpc) is 3.34. The summed E-state index contributed by atoms with van der Waals surface area (Å²) in [5.41, 5.74) is 4.68. The average molecular weight is 555 g/mol. The van der Waals surface area contributed by atoms with Crippen LogP contribution < -0.4 is 10.2 Å². The van der Waals surface area contributed by atoms with E-state index in [9.17, 15) is 4.79 Å². The van der Waals surface area contributed by atoms with Gasteiger partial charge >= 0.3 is 0 Å². The predicted molar refractivity (Wildman–Crippen MR) is 127 cm³/mol. The first kappa shape index (κ1) is 21.8. The molecule has 158 valence electrons. The molecule has 30 heavy (non-hydrogen) atoms. The molecule has 4 rings (SSSR count). The molecule has 2 aromatic carbocycles. The van der Waals surface area contributed by atoms with Gasteiger partial charge in [-0.1, -0.05) is 49.6 Å². The molecule has 2 aliphatic carbocycles. The molecule has 0 aliphatic heterocycles. The van der Waals surface area contributed by atoms with E-state index in [-0.39, 0.29) is 17.2 Å². The number of fused-ring (bicyclic) bond motifs is 1. The van der Waals surface area contributed by atoms with Crippen molar-refractivity contribution in [3.05, 3.63) is 61.5 Å². The van der Waals surface area contributed by atoms with Crippen LogP contribution in [0.3, 0.4) is 0 Å². The third-order valence-electron chi connectivity index (χ3n) is 6.35. The standard InChI is InChI=1S/C23H23Br2ClN2O2/c1-23-9-5-4-7-16(23)20(23)22(29)28-27-12-14-10-17(24)21(18(25)11-14)30-13-15-6-2-3-8-19(15)26/h2-3,6,8,10-12,16,20H,4-5,7,9,13H2,1H3,(H,28,29)/b27-12-/t16-,20+,23+/m1/s1. The lowest BCUT2D eigenvalue weighted by atomic mass is 9.90. The van der Waals surface area contributed by atoms with Gasteiger partial charge in [0.1, 0.15) is 12.4 Å². The number of hydrogen-bond donors (Lipinski definition) is 1. The second-order valence-electron chi connectivity index (χ2n) is 8.26. The quantitative estimate of drug-likeness (QED) is 0.318. The maximum atomic E-state index is 12.5. The molecule has 1 amide bonds. The van der Waals surface area contributed by atoms with Crippen LogP contribution in [0.2, 0.25) is 5.02 Å². The monoisotopic (exact) mass is 552 g/mol. The lowest BCUT2D eigenvalue weighted by molar-refractivity contribution is -0.123. The number of hydrazone groups is 1. The SMILES string of the molecule is C[C@]12CCCC[C@@H]1[C@H]2C(=O)N/N=C\c1cc(Br)c(OCc2ccccc2Cl)c(Br)c1. The van der Waals surface area contributed by atoms with Crippen molar-refractivity contribution < 1.29 is 9.53 Å². The number of nitrogens with one attached hydrogen (secondary N) is 1. The Kier molecular flexibility index (Phi) is 6.56. The van der Waals surface area contributed by atoms with Gasteiger partial charge in [-0.2, -0.15) is 5.10 Å². The van der Waals surface area contributed by atoms with E-state index in [1.807, 2.05) is 36.4 Å². The highest BCUT2D eigenvalue weighted by Gasteiger charge is 2.64. The molecular weight excluding hydrogens is 532 g/mol. The van der Waals surface area contributed by atoms with E-state index in [1.54, 1.807) is 6.21 Å². The number of nitrogens with zero attached hydrogens (tertiary/aromatic N) is 1. The molecule has 2 aliphatic rings. The second kappa shape index (κ2) is 9.01. The topological polar surface area (TPSA) is 50.7 Å². The van der Waals surface area contributed by atoms with E-state index in [1.165, 1.54) is 12.8 Å². The summed E-state index contributed by atoms with van der Waals surface area (Å²) in [4.78, 5) is 12.5. The number of carbonyl (C=O) groups excluding carboxylic acids is 1. The van der Waals surface area contributed by atoms with E-state index in [0.29, 0.717) is 23.3 Å². The van der Waals surface area contributed by atoms with Crippen LogP contribution >= 0.6 is 43.5 Å². The van der Waals surface area contributed by atoms with Gasteiger partial charge in [0, 0.05) is 16.5 Å². The van der Waals surface area contributed by atoms with Gasteiger partial charge in [0.25, 0.3) is 0 Å². The Morgan fingerprint density at radius 3 is 2.70 bits per heavy atom. The molecule has 7 heteroatoms. The van der Waals surface area contributed by atoms with Crippen LogP contribution in [0.5, 0.6) is 5.75 Å². The van der Waals surface area contributed by atoms with Crippen molar-refractivity contribution >= 4 is 55.6 Å². The van der Waals surface area contributed by atoms with Crippen LogP contribution in [0.1, 0.15) is 43.7 Å². The summed E-state index contributed by atoms with van der Waals surface area (Å²) in [5, 5.41) is 4.86. The molecule has 0 spiro atoms. The van der Waals surface area contributed by atoms with Gasteiger partial charge in [-0.05, 0) is 79.8 Å². The van der Waals surface area contributed by atoms with E-state index in [2.05, 4.69) is 49.3 Å². The summed E-state index contributed by atoms with van der Waals surface area (Å²) in [5.74, 6) is 1.36. The van der Waals surface area contributed by atoms with Crippen LogP contribution in [0.4, 0.5) is 0 Å². The lowest BCUT2D eigenvalue weighted by Gasteiger charge is -2.15. The van der Waals surface area contributed by atoms with Crippen molar-refractivity contribution in [2.45, 2.75) is 39.2 Å². The van der Waals surface area contributed by atoms with Crippen molar-refractivity contribution in [2.75, 3.05) is 0 Å². The van der Waals surface area contributed by atoms with Gasteiger partial charge in [-0.25, -0.2) is 5.43 Å². The first-order chi connectivity index (χ1) is 14.4. The zero-order valence-electron chi connectivity index (χ0n) is 16.6. The first-order valence-corrected chi connectivity index (χ1v) is 12.0. The van der Waals surface area contributed by atoms with Gasteiger partial charge in [0.2, 0.25) is 5.91 Å². The fourth-order valence-corrected chi connectivity index (χ4v) is 6.29. The van der Waals surface area contributed by atoms with E-state index >= 15 is 0 Å². The molecule has 3 atom stereocenters. The summed E-state index contributed by atoms with van der Waals surface area (Å²) >= 11 is 13.3. The number of rotatable bonds is 6. The molecule has 0 heterocycles. The summed E-state index contributed by atoms with van der Waals surface area (Å²) in [6, 6.07) is 11.4. The Morgan fingerprint density at radius 1 is 1.30 bits per heavy atom. The van der Waals surface area contributed by atoms with E-state index < -0.39 is 0 Å². The first-order valence-electron chi connectivity index (χ1n) is 10.1. The molecule has 0 saturated heterocycles. The van der Waals surface area contributed by atoms with Crippen molar-refractivity contribution in [2.24, 2.45) is 22.4 Å². The van der Waals surface area contributed by atoms with Crippen LogP contribution in [-0.2, 0) is 11.4 Å². The second-order valence-corrected chi connectivity index (χ2v) is 10.4. The number of halogens is 3. The van der Waals surface area contributed by atoms with Gasteiger partial charge in [-0.3, -0.25) is 4.79 Å². The molecule has 2 saturated carbocycles. The minimum atomic E-state index is 0.0403. The third-order valence-corrected chi connectivity index (χ3v) is 7.90. The summed E-state index contributed by atoms with van der Waals surface area (Å²) in [6.45, 7) is 2.60. The van der Waals surface area contributed by atoms with Crippen LogP contribution in [0.25, 0.3) is 0 Å². The van der Waals surface area contributed by atoms with Crippen LogP contribution in [-0.4, -0.2) is 12.1 Å². The van der Waals surface area contributed by atoms with Crippen molar-refractivity contribution in [3.63, 3.8) is 0 Å². The summed E-state index contributed by atoms with van der Waals surface area (Å²) < 4.78 is 7.52. The molecule has 2 aromatic rings. The van der Waals surface area contributed by atoms with Crippen molar-refractivity contribution in [3.8, 4) is 5.75 Å².